The first kappa shape index (κ1) is 11.2. The van der Waals surface area contributed by atoms with Crippen LogP contribution in [0.2, 0.25) is 0 Å². The fraction of sp³-hybridized carbons (Fsp3) is 0.500. The van der Waals surface area contributed by atoms with E-state index >= 15 is 0 Å². The second kappa shape index (κ2) is 5.70. The third kappa shape index (κ3) is 3.65. The van der Waals surface area contributed by atoms with Gasteiger partial charge in [0.25, 0.3) is 0 Å². The van der Waals surface area contributed by atoms with Crippen molar-refractivity contribution in [1.29, 1.82) is 0 Å². The molecule has 1 saturated heterocycles. The fourth-order valence-electron chi connectivity index (χ4n) is 1.96. The first-order valence-corrected chi connectivity index (χ1v) is 6.64. The fourth-order valence-corrected chi connectivity index (χ4v) is 2.51. The molecule has 2 rings (SSSR count). The summed E-state index contributed by atoms with van der Waals surface area (Å²) in [7, 11) is 0. The molecule has 2 nitrogen and oxygen atoms in total. The second-order valence-corrected chi connectivity index (χ2v) is 5.23. The molecule has 1 N–H and O–H groups in total. The van der Waals surface area contributed by atoms with Crippen LogP contribution in [-0.2, 0) is 0 Å². The SMILES string of the molecule is Ic1cccc(NCCN2CCCC2)c1. The summed E-state index contributed by atoms with van der Waals surface area (Å²) < 4.78 is 1.29. The van der Waals surface area contributed by atoms with Gasteiger partial charge in [-0.3, -0.25) is 0 Å². The number of hydrogen-bond acceptors (Lipinski definition) is 2. The molecule has 1 heterocycles. The van der Waals surface area contributed by atoms with E-state index in [-0.39, 0.29) is 0 Å². The van der Waals surface area contributed by atoms with E-state index in [9.17, 15) is 0 Å². The summed E-state index contributed by atoms with van der Waals surface area (Å²) >= 11 is 2.34. The van der Waals surface area contributed by atoms with Gasteiger partial charge in [-0.15, -0.1) is 0 Å². The van der Waals surface area contributed by atoms with Crippen molar-refractivity contribution in [2.45, 2.75) is 12.8 Å². The van der Waals surface area contributed by atoms with Crippen LogP contribution < -0.4 is 5.32 Å². The summed E-state index contributed by atoms with van der Waals surface area (Å²) in [6, 6.07) is 8.53. The topological polar surface area (TPSA) is 15.3 Å². The lowest BCUT2D eigenvalue weighted by Crippen LogP contribution is -2.25. The lowest BCUT2D eigenvalue weighted by Gasteiger charge is -2.15. The van der Waals surface area contributed by atoms with Crippen LogP contribution in [0.3, 0.4) is 0 Å². The van der Waals surface area contributed by atoms with Crippen molar-refractivity contribution in [1.82, 2.24) is 4.90 Å². The van der Waals surface area contributed by atoms with Crippen LogP contribution in [0.1, 0.15) is 12.8 Å². The number of halogens is 1. The standard InChI is InChI=1S/C12H17IN2/c13-11-4-3-5-12(10-11)14-6-9-15-7-1-2-8-15/h3-5,10,14H,1-2,6-9H2. The van der Waals surface area contributed by atoms with E-state index in [0.29, 0.717) is 0 Å². The summed E-state index contributed by atoms with van der Waals surface area (Å²) in [5.41, 5.74) is 1.24. The molecule has 0 aromatic heterocycles. The van der Waals surface area contributed by atoms with Gasteiger partial charge in [-0.25, -0.2) is 0 Å². The number of rotatable bonds is 4. The Hall–Kier alpha value is -0.290. The maximum atomic E-state index is 3.47. The van der Waals surface area contributed by atoms with E-state index in [2.05, 4.69) is 57.1 Å². The lowest BCUT2D eigenvalue weighted by atomic mass is 10.3. The van der Waals surface area contributed by atoms with Gasteiger partial charge in [-0.2, -0.15) is 0 Å². The molecular weight excluding hydrogens is 299 g/mol. The average molecular weight is 316 g/mol. The minimum atomic E-state index is 1.06. The first-order valence-electron chi connectivity index (χ1n) is 5.56. The van der Waals surface area contributed by atoms with Crippen molar-refractivity contribution < 1.29 is 0 Å². The minimum Gasteiger partial charge on any atom is -0.384 e. The second-order valence-electron chi connectivity index (χ2n) is 3.99. The highest BCUT2D eigenvalue weighted by atomic mass is 127. The van der Waals surface area contributed by atoms with E-state index in [1.165, 1.54) is 41.7 Å². The van der Waals surface area contributed by atoms with Crippen LogP contribution in [0.15, 0.2) is 24.3 Å². The smallest absolute Gasteiger partial charge is 0.0351 e. The van der Waals surface area contributed by atoms with Gasteiger partial charge in [0.15, 0.2) is 0 Å². The van der Waals surface area contributed by atoms with Crippen LogP contribution in [-0.4, -0.2) is 31.1 Å². The van der Waals surface area contributed by atoms with Gasteiger partial charge >= 0.3 is 0 Å². The Morgan fingerprint density at radius 1 is 1.27 bits per heavy atom. The minimum absolute atomic E-state index is 1.06. The zero-order valence-electron chi connectivity index (χ0n) is 8.88. The maximum absolute atomic E-state index is 3.47. The van der Waals surface area contributed by atoms with Crippen molar-refractivity contribution in [3.8, 4) is 0 Å². The molecule has 0 bridgehead atoms. The highest BCUT2D eigenvalue weighted by molar-refractivity contribution is 14.1. The Labute approximate surface area is 105 Å². The molecule has 0 aliphatic carbocycles. The Morgan fingerprint density at radius 2 is 2.07 bits per heavy atom. The Bertz CT molecular complexity index is 308. The summed E-state index contributed by atoms with van der Waals surface area (Å²) in [6.45, 7) is 4.80. The van der Waals surface area contributed by atoms with Crippen LogP contribution in [0.5, 0.6) is 0 Å². The van der Waals surface area contributed by atoms with E-state index in [4.69, 9.17) is 0 Å². The summed E-state index contributed by atoms with van der Waals surface area (Å²) in [4.78, 5) is 2.53. The molecule has 0 atom stereocenters. The molecule has 1 aromatic carbocycles. The van der Waals surface area contributed by atoms with Crippen LogP contribution in [0, 0.1) is 3.57 Å². The molecular formula is C12H17IN2. The molecule has 0 unspecified atom stereocenters. The molecule has 1 fully saturated rings. The third-order valence-electron chi connectivity index (χ3n) is 2.78. The first-order chi connectivity index (χ1) is 7.34. The summed E-state index contributed by atoms with van der Waals surface area (Å²) in [5.74, 6) is 0. The Kier molecular flexibility index (Phi) is 4.26. The van der Waals surface area contributed by atoms with Crippen molar-refractivity contribution in [2.75, 3.05) is 31.5 Å². The van der Waals surface area contributed by atoms with Crippen molar-refractivity contribution in [3.05, 3.63) is 27.8 Å². The van der Waals surface area contributed by atoms with E-state index < -0.39 is 0 Å². The Morgan fingerprint density at radius 3 is 2.80 bits per heavy atom. The van der Waals surface area contributed by atoms with E-state index in [1.54, 1.807) is 0 Å². The van der Waals surface area contributed by atoms with Gasteiger partial charge < -0.3 is 10.2 Å². The molecule has 15 heavy (non-hydrogen) atoms. The predicted molar refractivity (Wildman–Crippen MR) is 73.3 cm³/mol. The number of nitrogens with one attached hydrogen (secondary N) is 1. The van der Waals surface area contributed by atoms with Crippen molar-refractivity contribution >= 4 is 28.3 Å². The summed E-state index contributed by atoms with van der Waals surface area (Å²) in [5, 5.41) is 3.47. The van der Waals surface area contributed by atoms with Gasteiger partial charge in [-0.1, -0.05) is 6.07 Å². The number of benzene rings is 1. The highest BCUT2D eigenvalue weighted by Crippen LogP contribution is 2.12. The number of likely N-dealkylation sites (tertiary alicyclic amines) is 1. The van der Waals surface area contributed by atoms with Gasteiger partial charge in [0, 0.05) is 22.3 Å². The molecule has 0 radical (unpaired) electrons. The van der Waals surface area contributed by atoms with E-state index in [0.717, 1.165) is 6.54 Å². The van der Waals surface area contributed by atoms with Gasteiger partial charge in [0.05, 0.1) is 0 Å². The molecule has 0 saturated carbocycles. The molecule has 1 aliphatic rings. The molecule has 1 aromatic rings. The predicted octanol–water partition coefficient (Wildman–Crippen LogP) is 2.80. The van der Waals surface area contributed by atoms with E-state index in [1.807, 2.05) is 0 Å². The van der Waals surface area contributed by atoms with Crippen LogP contribution in [0.25, 0.3) is 0 Å². The number of anilines is 1. The molecule has 0 amide bonds. The molecule has 82 valence electrons. The quantitative estimate of drug-likeness (QED) is 0.860. The third-order valence-corrected chi connectivity index (χ3v) is 3.45. The van der Waals surface area contributed by atoms with Crippen molar-refractivity contribution in [2.24, 2.45) is 0 Å². The zero-order valence-corrected chi connectivity index (χ0v) is 11.0. The number of nitrogens with zero attached hydrogens (tertiary/aromatic N) is 1. The largest absolute Gasteiger partial charge is 0.384 e. The van der Waals surface area contributed by atoms with Crippen LogP contribution >= 0.6 is 22.6 Å². The van der Waals surface area contributed by atoms with Gasteiger partial charge in [0.2, 0.25) is 0 Å². The lowest BCUT2D eigenvalue weighted by molar-refractivity contribution is 0.352. The summed E-state index contributed by atoms with van der Waals surface area (Å²) in [6.07, 6.45) is 2.76. The van der Waals surface area contributed by atoms with Crippen LogP contribution in [0.4, 0.5) is 5.69 Å². The highest BCUT2D eigenvalue weighted by Gasteiger charge is 2.09. The average Bonchev–Trinajstić information content (AvgIpc) is 2.71. The maximum Gasteiger partial charge on any atom is 0.0351 e. The molecule has 0 spiro atoms. The monoisotopic (exact) mass is 316 g/mol. The molecule has 1 aliphatic heterocycles. The Balaban J connectivity index is 1.73. The normalized spacial score (nSPS) is 16.9. The van der Waals surface area contributed by atoms with Gasteiger partial charge in [0.1, 0.15) is 0 Å². The zero-order chi connectivity index (χ0) is 10.5. The van der Waals surface area contributed by atoms with Gasteiger partial charge in [-0.05, 0) is 66.7 Å². The van der Waals surface area contributed by atoms with Crippen molar-refractivity contribution in [3.63, 3.8) is 0 Å². The number of hydrogen-bond donors (Lipinski definition) is 1. The molecule has 3 heteroatoms.